The van der Waals surface area contributed by atoms with E-state index in [9.17, 15) is 8.42 Å². The molecular weight excluding hydrogens is 390 g/mol. The molecule has 2 aromatic carbocycles. The van der Waals surface area contributed by atoms with Crippen LogP contribution in [-0.2, 0) is 21.3 Å². The maximum atomic E-state index is 12.0. The molecule has 0 unspecified atom stereocenters. The number of morpholine rings is 1. The quantitative estimate of drug-likeness (QED) is 0.697. The Hall–Kier alpha value is -2.42. The molecule has 1 fully saturated rings. The molecule has 0 spiro atoms. The van der Waals surface area contributed by atoms with Crippen LogP contribution in [0, 0.1) is 0 Å². The number of nitrogens with one attached hydrogen (secondary N) is 1. The summed E-state index contributed by atoms with van der Waals surface area (Å²) in [6, 6.07) is 15.0. The van der Waals surface area contributed by atoms with E-state index >= 15 is 0 Å². The molecule has 8 heteroatoms. The Balaban J connectivity index is 1.24. The van der Waals surface area contributed by atoms with Crippen LogP contribution in [0.4, 0.5) is 0 Å². The van der Waals surface area contributed by atoms with Crippen LogP contribution in [0.3, 0.4) is 0 Å². The van der Waals surface area contributed by atoms with Crippen molar-refractivity contribution in [3.8, 4) is 5.75 Å². The molecule has 0 saturated carbocycles. The van der Waals surface area contributed by atoms with E-state index in [1.807, 2.05) is 18.2 Å². The summed E-state index contributed by atoms with van der Waals surface area (Å²) in [4.78, 5) is 2.64. The summed E-state index contributed by atoms with van der Waals surface area (Å²) in [6.45, 7) is 5.52. The fraction of sp³-hybridized carbons (Fsp3) is 0.381. The topological polar surface area (TPSA) is 80.2 Å². The van der Waals surface area contributed by atoms with Crippen LogP contribution in [0.15, 0.2) is 57.8 Å². The first-order valence-corrected chi connectivity index (χ1v) is 11.3. The van der Waals surface area contributed by atoms with Crippen molar-refractivity contribution in [1.82, 2.24) is 10.2 Å². The zero-order valence-electron chi connectivity index (χ0n) is 16.2. The molecule has 1 N–H and O–H groups in total. The van der Waals surface area contributed by atoms with Gasteiger partial charge in [0.1, 0.15) is 16.5 Å². The number of hydrogen-bond donors (Lipinski definition) is 1. The average Bonchev–Trinajstić information content (AvgIpc) is 2.99. The van der Waals surface area contributed by atoms with Gasteiger partial charge >= 0.3 is 0 Å². The van der Waals surface area contributed by atoms with Crippen molar-refractivity contribution in [1.29, 1.82) is 0 Å². The van der Waals surface area contributed by atoms with Gasteiger partial charge in [-0.2, -0.15) is 8.42 Å². The fourth-order valence-corrected chi connectivity index (χ4v) is 4.65. The third-order valence-corrected chi connectivity index (χ3v) is 6.26. The van der Waals surface area contributed by atoms with Crippen molar-refractivity contribution >= 4 is 15.9 Å². The predicted octanol–water partition coefficient (Wildman–Crippen LogP) is 2.03. The monoisotopic (exact) mass is 415 g/mol. The molecule has 2 heterocycles. The molecule has 0 aliphatic carbocycles. The molecule has 7 nitrogen and oxygen atoms in total. The highest BCUT2D eigenvalue weighted by molar-refractivity contribution is 7.90. The molecule has 0 atom stereocenters. The molecule has 2 aliphatic rings. The van der Waals surface area contributed by atoms with Crippen molar-refractivity contribution in [3.05, 3.63) is 59.7 Å². The molecule has 4 rings (SSSR count). The number of amidine groups is 1. The van der Waals surface area contributed by atoms with Gasteiger partial charge in [-0.25, -0.2) is 0 Å². The smallest absolute Gasteiger partial charge is 0.285 e. The molecule has 2 aromatic rings. The van der Waals surface area contributed by atoms with Crippen molar-refractivity contribution in [2.75, 3.05) is 39.5 Å². The van der Waals surface area contributed by atoms with E-state index in [4.69, 9.17) is 9.47 Å². The van der Waals surface area contributed by atoms with Gasteiger partial charge in [-0.3, -0.25) is 4.90 Å². The van der Waals surface area contributed by atoms with Gasteiger partial charge < -0.3 is 14.8 Å². The van der Waals surface area contributed by atoms with E-state index in [-0.39, 0.29) is 4.90 Å². The van der Waals surface area contributed by atoms with Crippen molar-refractivity contribution in [3.63, 3.8) is 0 Å². The van der Waals surface area contributed by atoms with E-state index in [0.717, 1.165) is 45.0 Å². The Labute approximate surface area is 171 Å². The highest BCUT2D eigenvalue weighted by atomic mass is 32.2. The van der Waals surface area contributed by atoms with Gasteiger partial charge in [0, 0.05) is 31.7 Å². The van der Waals surface area contributed by atoms with Crippen molar-refractivity contribution < 1.29 is 17.9 Å². The van der Waals surface area contributed by atoms with E-state index < -0.39 is 10.0 Å². The first-order chi connectivity index (χ1) is 14.1. The van der Waals surface area contributed by atoms with Crippen LogP contribution in [-0.4, -0.2) is 58.6 Å². The fourth-order valence-electron chi connectivity index (χ4n) is 3.45. The van der Waals surface area contributed by atoms with Crippen LogP contribution in [0.5, 0.6) is 5.75 Å². The van der Waals surface area contributed by atoms with E-state index in [1.165, 1.54) is 5.56 Å². The number of rotatable bonds is 7. The Morgan fingerprint density at radius 3 is 2.79 bits per heavy atom. The van der Waals surface area contributed by atoms with E-state index in [0.29, 0.717) is 24.6 Å². The first-order valence-electron chi connectivity index (χ1n) is 9.82. The summed E-state index contributed by atoms with van der Waals surface area (Å²) < 4.78 is 39.2. The standard InChI is InChI=1S/C21H25N3O4S/c25-29(26)20-8-2-1-7-19(20)21(23-29)22-9-4-12-28-18-6-3-5-17(15-18)16-24-10-13-27-14-11-24/h1-3,5-8,15H,4,9-14,16H2,(H,22,23). The molecule has 1 saturated heterocycles. The lowest BCUT2D eigenvalue weighted by molar-refractivity contribution is 0.0341. The minimum Gasteiger partial charge on any atom is -0.494 e. The molecule has 2 aliphatic heterocycles. The maximum Gasteiger partial charge on any atom is 0.285 e. The second-order valence-electron chi connectivity index (χ2n) is 7.08. The molecule has 0 radical (unpaired) electrons. The highest BCUT2D eigenvalue weighted by Crippen LogP contribution is 2.24. The van der Waals surface area contributed by atoms with E-state index in [1.54, 1.807) is 18.2 Å². The first kappa shape index (κ1) is 19.9. The Morgan fingerprint density at radius 2 is 1.93 bits per heavy atom. The molecule has 0 amide bonds. The number of ether oxygens (including phenoxy) is 2. The molecular formula is C21H25N3O4S. The Morgan fingerprint density at radius 1 is 1.10 bits per heavy atom. The Kier molecular flexibility index (Phi) is 6.13. The van der Waals surface area contributed by atoms with Crippen LogP contribution in [0.25, 0.3) is 0 Å². The minimum absolute atomic E-state index is 0.260. The van der Waals surface area contributed by atoms with Crippen LogP contribution in [0.2, 0.25) is 0 Å². The van der Waals surface area contributed by atoms with E-state index in [2.05, 4.69) is 26.7 Å². The maximum absolute atomic E-state index is 12.0. The molecule has 29 heavy (non-hydrogen) atoms. The largest absolute Gasteiger partial charge is 0.494 e. The summed E-state index contributed by atoms with van der Waals surface area (Å²) in [5.74, 6) is 1.26. The lowest BCUT2D eigenvalue weighted by Crippen LogP contribution is -2.35. The van der Waals surface area contributed by atoms with Crippen LogP contribution < -0.4 is 10.1 Å². The van der Waals surface area contributed by atoms with Crippen LogP contribution in [0.1, 0.15) is 17.5 Å². The normalized spacial score (nSPS) is 18.1. The number of benzene rings is 2. The third-order valence-electron chi connectivity index (χ3n) is 4.92. The third kappa shape index (κ3) is 4.95. The molecule has 0 bridgehead atoms. The number of sulfonamides is 1. The van der Waals surface area contributed by atoms with Gasteiger partial charge in [0.15, 0.2) is 0 Å². The van der Waals surface area contributed by atoms with Crippen molar-refractivity contribution in [2.45, 2.75) is 17.9 Å². The lowest BCUT2D eigenvalue weighted by Gasteiger charge is -2.26. The summed E-state index contributed by atoms with van der Waals surface area (Å²) in [5.41, 5.74) is 1.86. The van der Waals surface area contributed by atoms with Gasteiger partial charge in [0.05, 0.1) is 19.8 Å². The summed E-state index contributed by atoms with van der Waals surface area (Å²) >= 11 is 0. The zero-order chi connectivity index (χ0) is 20.1. The number of hydrogen-bond acceptors (Lipinski definition) is 6. The number of nitrogens with zero attached hydrogens (tertiary/aromatic N) is 2. The molecule has 154 valence electrons. The second-order valence-corrected chi connectivity index (χ2v) is 8.65. The van der Waals surface area contributed by atoms with Gasteiger partial charge in [0.25, 0.3) is 10.0 Å². The SMILES string of the molecule is O=S1(=O)N=C(NCCCOc2cccc(CN3CCOCC3)c2)c2ccccc21. The number of fused-ring (bicyclic) bond motifs is 1. The Bertz CT molecular complexity index is 985. The minimum atomic E-state index is -3.58. The summed E-state index contributed by atoms with van der Waals surface area (Å²) in [7, 11) is -3.58. The summed E-state index contributed by atoms with van der Waals surface area (Å²) in [5, 5.41) is 3.12. The predicted molar refractivity (Wildman–Crippen MR) is 111 cm³/mol. The van der Waals surface area contributed by atoms with Gasteiger partial charge in [-0.15, -0.1) is 4.40 Å². The van der Waals surface area contributed by atoms with Crippen LogP contribution >= 0.6 is 0 Å². The van der Waals surface area contributed by atoms with Gasteiger partial charge in [-0.1, -0.05) is 24.3 Å². The molecule has 0 aromatic heterocycles. The summed E-state index contributed by atoms with van der Waals surface area (Å²) in [6.07, 6.45) is 0.731. The highest BCUT2D eigenvalue weighted by Gasteiger charge is 2.27. The zero-order valence-corrected chi connectivity index (χ0v) is 17.0. The van der Waals surface area contributed by atoms with Crippen molar-refractivity contribution in [2.24, 2.45) is 4.40 Å². The second kappa shape index (κ2) is 8.94. The average molecular weight is 416 g/mol. The van der Waals surface area contributed by atoms with Gasteiger partial charge in [0.2, 0.25) is 0 Å². The lowest BCUT2D eigenvalue weighted by atomic mass is 10.2. The van der Waals surface area contributed by atoms with Gasteiger partial charge in [-0.05, 0) is 36.2 Å².